The van der Waals surface area contributed by atoms with Crippen molar-refractivity contribution in [1.82, 2.24) is 4.98 Å². The first-order valence-corrected chi connectivity index (χ1v) is 8.98. The molecule has 10 heteroatoms. The number of anilines is 1. The van der Waals surface area contributed by atoms with Crippen LogP contribution in [0.2, 0.25) is 0 Å². The van der Waals surface area contributed by atoms with Gasteiger partial charge in [-0.1, -0.05) is 12.1 Å². The van der Waals surface area contributed by atoms with E-state index in [1.165, 1.54) is 17.4 Å². The summed E-state index contributed by atoms with van der Waals surface area (Å²) in [6.07, 6.45) is 0.457. The highest BCUT2D eigenvalue weighted by molar-refractivity contribution is 7.18. The van der Waals surface area contributed by atoms with Crippen LogP contribution in [-0.4, -0.2) is 28.4 Å². The van der Waals surface area contributed by atoms with Gasteiger partial charge in [0.15, 0.2) is 6.61 Å². The number of aromatic nitrogens is 1. The number of rotatable bonds is 7. The summed E-state index contributed by atoms with van der Waals surface area (Å²) in [6.45, 7) is -0.552. The first-order valence-electron chi connectivity index (χ1n) is 8.16. The lowest BCUT2D eigenvalue weighted by molar-refractivity contribution is -0.387. The van der Waals surface area contributed by atoms with Crippen molar-refractivity contribution in [3.63, 3.8) is 0 Å². The summed E-state index contributed by atoms with van der Waals surface area (Å²) in [5.41, 5.74) is 0.137. The molecule has 3 rings (SSSR count). The summed E-state index contributed by atoms with van der Waals surface area (Å²) < 4.78 is 19.2. The van der Waals surface area contributed by atoms with E-state index in [4.69, 9.17) is 4.74 Å². The molecule has 3 aromatic rings. The van der Waals surface area contributed by atoms with E-state index in [9.17, 15) is 24.1 Å². The normalized spacial score (nSPS) is 10.6. The van der Waals surface area contributed by atoms with Crippen LogP contribution in [0, 0.1) is 15.9 Å². The Hall–Kier alpha value is -3.40. The SMILES string of the molecule is O=C(COC(=O)CCc1nc2ccccc2s1)Nc1ccc(F)c([N+](=O)[O-])c1. The maximum absolute atomic E-state index is 13.3. The Kier molecular flexibility index (Phi) is 5.90. The highest BCUT2D eigenvalue weighted by Crippen LogP contribution is 2.23. The summed E-state index contributed by atoms with van der Waals surface area (Å²) in [5, 5.41) is 13.8. The lowest BCUT2D eigenvalue weighted by Gasteiger charge is -2.06. The molecular weight excluding hydrogens is 389 g/mol. The van der Waals surface area contributed by atoms with E-state index in [2.05, 4.69) is 10.3 Å². The van der Waals surface area contributed by atoms with Crippen LogP contribution in [0.25, 0.3) is 10.2 Å². The first-order chi connectivity index (χ1) is 13.4. The number of nitro groups is 1. The molecule has 0 unspecified atom stereocenters. The molecule has 2 aromatic carbocycles. The number of thiazole rings is 1. The summed E-state index contributed by atoms with van der Waals surface area (Å²) >= 11 is 1.49. The molecule has 1 aromatic heterocycles. The number of carbonyl (C=O) groups is 2. The minimum atomic E-state index is -1.01. The third-order valence-corrected chi connectivity index (χ3v) is 4.77. The molecule has 1 heterocycles. The molecule has 0 saturated carbocycles. The second-order valence-corrected chi connectivity index (χ2v) is 6.82. The Morgan fingerprint density at radius 2 is 2.04 bits per heavy atom. The van der Waals surface area contributed by atoms with Crippen molar-refractivity contribution < 1.29 is 23.6 Å². The fourth-order valence-electron chi connectivity index (χ4n) is 2.38. The maximum atomic E-state index is 13.3. The predicted octanol–water partition coefficient (Wildman–Crippen LogP) is 3.46. The van der Waals surface area contributed by atoms with E-state index in [0.717, 1.165) is 27.4 Å². The zero-order chi connectivity index (χ0) is 20.1. The van der Waals surface area contributed by atoms with Gasteiger partial charge in [-0.05, 0) is 24.3 Å². The Morgan fingerprint density at radius 1 is 1.25 bits per heavy atom. The number of para-hydroxylation sites is 1. The third-order valence-electron chi connectivity index (χ3n) is 3.67. The van der Waals surface area contributed by atoms with Gasteiger partial charge in [0.25, 0.3) is 5.91 Å². The highest BCUT2D eigenvalue weighted by atomic mass is 32.1. The molecule has 0 atom stereocenters. The molecular formula is C18H14FN3O5S. The molecule has 1 amide bonds. The van der Waals surface area contributed by atoms with Crippen LogP contribution in [0.4, 0.5) is 15.8 Å². The number of benzene rings is 2. The van der Waals surface area contributed by atoms with Gasteiger partial charge in [-0.15, -0.1) is 11.3 Å². The van der Waals surface area contributed by atoms with Crippen molar-refractivity contribution in [3.05, 3.63) is 63.4 Å². The fraction of sp³-hybridized carbons (Fsp3) is 0.167. The van der Waals surface area contributed by atoms with Gasteiger partial charge in [-0.2, -0.15) is 4.39 Å². The van der Waals surface area contributed by atoms with Crippen LogP contribution in [0.3, 0.4) is 0 Å². The molecule has 8 nitrogen and oxygen atoms in total. The molecule has 0 saturated heterocycles. The monoisotopic (exact) mass is 403 g/mol. The van der Waals surface area contributed by atoms with E-state index in [0.29, 0.717) is 6.42 Å². The van der Waals surface area contributed by atoms with Crippen LogP contribution in [0.5, 0.6) is 0 Å². The van der Waals surface area contributed by atoms with E-state index in [1.807, 2.05) is 24.3 Å². The largest absolute Gasteiger partial charge is 0.456 e. The van der Waals surface area contributed by atoms with Gasteiger partial charge >= 0.3 is 11.7 Å². The minimum Gasteiger partial charge on any atom is -0.456 e. The summed E-state index contributed by atoms with van der Waals surface area (Å²) in [7, 11) is 0. The number of nitrogens with one attached hydrogen (secondary N) is 1. The van der Waals surface area contributed by atoms with Crippen molar-refractivity contribution in [2.45, 2.75) is 12.8 Å². The van der Waals surface area contributed by atoms with Crippen molar-refractivity contribution in [2.24, 2.45) is 0 Å². The van der Waals surface area contributed by atoms with Crippen LogP contribution < -0.4 is 5.32 Å². The zero-order valence-electron chi connectivity index (χ0n) is 14.4. The Balaban J connectivity index is 1.47. The molecule has 144 valence electrons. The highest BCUT2D eigenvalue weighted by Gasteiger charge is 2.16. The summed E-state index contributed by atoms with van der Waals surface area (Å²) in [5.74, 6) is -2.27. The molecule has 0 fully saturated rings. The molecule has 28 heavy (non-hydrogen) atoms. The smallest absolute Gasteiger partial charge is 0.306 e. The van der Waals surface area contributed by atoms with Gasteiger partial charge in [0.1, 0.15) is 0 Å². The molecule has 0 spiro atoms. The molecule has 0 aliphatic rings. The topological polar surface area (TPSA) is 111 Å². The first kappa shape index (κ1) is 19.4. The number of ether oxygens (including phenoxy) is 1. The average molecular weight is 403 g/mol. The molecule has 0 radical (unpaired) electrons. The van der Waals surface area contributed by atoms with E-state index >= 15 is 0 Å². The van der Waals surface area contributed by atoms with Gasteiger partial charge in [-0.25, -0.2) is 4.98 Å². The zero-order valence-corrected chi connectivity index (χ0v) is 15.2. The number of fused-ring (bicyclic) bond motifs is 1. The number of halogens is 1. The second-order valence-electron chi connectivity index (χ2n) is 5.71. The number of nitro benzene ring substituents is 1. The molecule has 0 aliphatic heterocycles. The van der Waals surface area contributed by atoms with Gasteiger partial charge < -0.3 is 10.1 Å². The second kappa shape index (κ2) is 8.53. The Labute approximate surface area is 162 Å². The standard InChI is InChI=1S/C18H14FN3O5S/c19-12-6-5-11(9-14(12)22(25)26)20-16(23)10-27-18(24)8-7-17-21-13-3-1-2-4-15(13)28-17/h1-6,9H,7-8,10H2,(H,20,23). The third kappa shape index (κ3) is 4.86. The summed E-state index contributed by atoms with van der Waals surface area (Å²) in [6, 6.07) is 10.6. The number of esters is 1. The Bertz CT molecular complexity index is 1020. The minimum absolute atomic E-state index is 0.0311. The van der Waals surface area contributed by atoms with Crippen molar-refractivity contribution in [2.75, 3.05) is 11.9 Å². The van der Waals surface area contributed by atoms with Crippen LogP contribution in [-0.2, 0) is 20.7 Å². The fourth-order valence-corrected chi connectivity index (χ4v) is 3.35. The van der Waals surface area contributed by atoms with Crippen molar-refractivity contribution in [3.8, 4) is 0 Å². The maximum Gasteiger partial charge on any atom is 0.306 e. The van der Waals surface area contributed by atoms with Crippen LogP contribution in [0.15, 0.2) is 42.5 Å². The number of hydrogen-bond donors (Lipinski definition) is 1. The van der Waals surface area contributed by atoms with Crippen molar-refractivity contribution in [1.29, 1.82) is 0 Å². The predicted molar refractivity (Wildman–Crippen MR) is 101 cm³/mol. The number of nitrogens with zero attached hydrogens (tertiary/aromatic N) is 2. The number of carbonyl (C=O) groups excluding carboxylic acids is 2. The Morgan fingerprint density at radius 3 is 2.79 bits per heavy atom. The molecule has 1 N–H and O–H groups in total. The van der Waals surface area contributed by atoms with Gasteiger partial charge in [-0.3, -0.25) is 19.7 Å². The lowest BCUT2D eigenvalue weighted by Crippen LogP contribution is -2.21. The van der Waals surface area contributed by atoms with E-state index < -0.39 is 34.9 Å². The van der Waals surface area contributed by atoms with Crippen LogP contribution >= 0.6 is 11.3 Å². The lowest BCUT2D eigenvalue weighted by atomic mass is 10.2. The quantitative estimate of drug-likeness (QED) is 0.367. The van der Waals surface area contributed by atoms with Crippen molar-refractivity contribution >= 4 is 44.8 Å². The van der Waals surface area contributed by atoms with Gasteiger partial charge in [0, 0.05) is 18.2 Å². The van der Waals surface area contributed by atoms with E-state index in [1.54, 1.807) is 0 Å². The van der Waals surface area contributed by atoms with E-state index in [-0.39, 0.29) is 12.1 Å². The molecule has 0 bridgehead atoms. The van der Waals surface area contributed by atoms with Crippen LogP contribution in [0.1, 0.15) is 11.4 Å². The number of amides is 1. The average Bonchev–Trinajstić information content (AvgIpc) is 3.09. The number of hydrogen-bond acceptors (Lipinski definition) is 7. The van der Waals surface area contributed by atoms with Gasteiger partial charge in [0.2, 0.25) is 5.82 Å². The summed E-state index contributed by atoms with van der Waals surface area (Å²) in [4.78, 5) is 37.8. The number of aryl methyl sites for hydroxylation is 1. The van der Waals surface area contributed by atoms with Gasteiger partial charge in [0.05, 0.1) is 26.6 Å². The molecule has 0 aliphatic carbocycles.